The Labute approximate surface area is 116 Å². The molecule has 0 fully saturated rings. The van der Waals surface area contributed by atoms with E-state index in [0.717, 1.165) is 0 Å². The van der Waals surface area contributed by atoms with Crippen LogP contribution in [0.5, 0.6) is 5.75 Å². The van der Waals surface area contributed by atoms with Gasteiger partial charge >= 0.3 is 5.97 Å². The Morgan fingerprint density at radius 1 is 1.47 bits per heavy atom. The molecule has 0 spiro atoms. The summed E-state index contributed by atoms with van der Waals surface area (Å²) in [5.74, 6) is -1.14. The summed E-state index contributed by atoms with van der Waals surface area (Å²) in [6.07, 6.45) is 0. The van der Waals surface area contributed by atoms with Gasteiger partial charge < -0.3 is 14.7 Å². The number of aromatic hydroxyl groups is 1. The van der Waals surface area contributed by atoms with Crippen LogP contribution in [0, 0.1) is 5.92 Å². The van der Waals surface area contributed by atoms with Crippen LogP contribution in [0.2, 0.25) is 5.02 Å². The van der Waals surface area contributed by atoms with Crippen molar-refractivity contribution in [1.29, 1.82) is 0 Å². The zero-order valence-electron chi connectivity index (χ0n) is 11.0. The molecule has 1 aromatic carbocycles. The number of amides is 1. The molecule has 0 heterocycles. The molecule has 6 heteroatoms. The summed E-state index contributed by atoms with van der Waals surface area (Å²) in [4.78, 5) is 24.8. The Balaban J connectivity index is 2.76. The summed E-state index contributed by atoms with van der Waals surface area (Å²) < 4.78 is 4.60. The van der Waals surface area contributed by atoms with E-state index in [9.17, 15) is 14.7 Å². The van der Waals surface area contributed by atoms with Gasteiger partial charge in [0.15, 0.2) is 0 Å². The Bertz CT molecular complexity index is 490. The molecule has 19 heavy (non-hydrogen) atoms. The number of phenols is 1. The molecule has 0 aliphatic rings. The van der Waals surface area contributed by atoms with Crippen LogP contribution in [0.1, 0.15) is 17.3 Å². The first-order chi connectivity index (χ1) is 8.86. The van der Waals surface area contributed by atoms with Gasteiger partial charge in [-0.2, -0.15) is 0 Å². The third-order valence-corrected chi connectivity index (χ3v) is 3.00. The molecule has 1 atom stereocenters. The Morgan fingerprint density at radius 2 is 2.11 bits per heavy atom. The highest BCUT2D eigenvalue weighted by atomic mass is 35.5. The van der Waals surface area contributed by atoms with E-state index in [1.165, 1.54) is 30.2 Å². The monoisotopic (exact) mass is 285 g/mol. The average molecular weight is 286 g/mol. The van der Waals surface area contributed by atoms with Crippen molar-refractivity contribution in [2.75, 3.05) is 20.7 Å². The molecule has 0 saturated carbocycles. The normalized spacial score (nSPS) is 11.8. The number of phenolic OH excluding ortho intramolecular Hbond substituents is 1. The van der Waals surface area contributed by atoms with Crippen molar-refractivity contribution in [3.8, 4) is 5.75 Å². The molecule has 0 bridgehead atoms. The average Bonchev–Trinajstić information content (AvgIpc) is 2.39. The van der Waals surface area contributed by atoms with Gasteiger partial charge in [0.1, 0.15) is 5.75 Å². The lowest BCUT2D eigenvalue weighted by Gasteiger charge is -2.20. The molecule has 0 radical (unpaired) electrons. The van der Waals surface area contributed by atoms with E-state index in [2.05, 4.69) is 4.74 Å². The largest absolute Gasteiger partial charge is 0.506 e. The topological polar surface area (TPSA) is 66.8 Å². The van der Waals surface area contributed by atoms with E-state index >= 15 is 0 Å². The van der Waals surface area contributed by atoms with Gasteiger partial charge in [0, 0.05) is 19.2 Å². The van der Waals surface area contributed by atoms with E-state index in [1.807, 2.05) is 0 Å². The van der Waals surface area contributed by atoms with E-state index in [-0.39, 0.29) is 29.2 Å². The minimum atomic E-state index is -0.411. The summed E-state index contributed by atoms with van der Waals surface area (Å²) >= 11 is 5.75. The summed E-state index contributed by atoms with van der Waals surface area (Å²) in [6, 6.07) is 4.22. The molecule has 0 aliphatic carbocycles. The molecule has 1 rings (SSSR count). The molecule has 1 amide bonds. The Hall–Kier alpha value is -1.75. The van der Waals surface area contributed by atoms with Crippen molar-refractivity contribution in [2.24, 2.45) is 5.92 Å². The van der Waals surface area contributed by atoms with Gasteiger partial charge in [-0.15, -0.1) is 0 Å². The van der Waals surface area contributed by atoms with Gasteiger partial charge in [0.25, 0.3) is 5.91 Å². The first-order valence-corrected chi connectivity index (χ1v) is 6.06. The van der Waals surface area contributed by atoms with Crippen LogP contribution in [-0.4, -0.2) is 42.6 Å². The van der Waals surface area contributed by atoms with E-state index < -0.39 is 5.92 Å². The van der Waals surface area contributed by atoms with Crippen molar-refractivity contribution in [2.45, 2.75) is 6.92 Å². The fourth-order valence-electron chi connectivity index (χ4n) is 1.63. The minimum Gasteiger partial charge on any atom is -0.506 e. The number of hydrogen-bond donors (Lipinski definition) is 1. The lowest BCUT2D eigenvalue weighted by molar-refractivity contribution is -0.145. The number of esters is 1. The number of halogens is 1. The van der Waals surface area contributed by atoms with Crippen LogP contribution in [-0.2, 0) is 9.53 Å². The highest BCUT2D eigenvalue weighted by molar-refractivity contribution is 6.32. The maximum atomic E-state index is 12.1. The molecular formula is C13H16ClNO4. The van der Waals surface area contributed by atoms with Crippen molar-refractivity contribution in [3.63, 3.8) is 0 Å². The minimum absolute atomic E-state index is 0.0798. The van der Waals surface area contributed by atoms with Gasteiger partial charge in [-0.3, -0.25) is 9.59 Å². The Morgan fingerprint density at radius 3 is 2.63 bits per heavy atom. The van der Waals surface area contributed by atoms with Crippen molar-refractivity contribution >= 4 is 23.5 Å². The van der Waals surface area contributed by atoms with Crippen LogP contribution >= 0.6 is 11.6 Å². The zero-order chi connectivity index (χ0) is 14.6. The highest BCUT2D eigenvalue weighted by Crippen LogP contribution is 2.24. The quantitative estimate of drug-likeness (QED) is 0.859. The smallest absolute Gasteiger partial charge is 0.310 e. The second-order valence-electron chi connectivity index (χ2n) is 4.28. The number of carbonyl (C=O) groups is 2. The molecule has 1 N–H and O–H groups in total. The number of nitrogens with zero attached hydrogens (tertiary/aromatic N) is 1. The molecule has 1 aromatic rings. The highest BCUT2D eigenvalue weighted by Gasteiger charge is 2.20. The second kappa shape index (κ2) is 6.43. The molecule has 104 valence electrons. The van der Waals surface area contributed by atoms with E-state index in [4.69, 9.17) is 11.6 Å². The number of hydrogen-bond acceptors (Lipinski definition) is 4. The predicted octanol–water partition coefficient (Wildman–Crippen LogP) is 1.93. The van der Waals surface area contributed by atoms with Gasteiger partial charge in [0.05, 0.1) is 18.1 Å². The number of methoxy groups -OCH3 is 1. The fourth-order valence-corrected chi connectivity index (χ4v) is 1.81. The maximum absolute atomic E-state index is 12.1. The van der Waals surface area contributed by atoms with Gasteiger partial charge in [-0.05, 0) is 18.2 Å². The van der Waals surface area contributed by atoms with Gasteiger partial charge in [-0.25, -0.2) is 0 Å². The van der Waals surface area contributed by atoms with Crippen LogP contribution < -0.4 is 0 Å². The standard InChI is InChI=1S/C13H16ClNO4/c1-8(13(18)19-3)7-15(2)12(17)9-4-5-11(16)10(14)6-9/h4-6,8,16H,7H2,1-3H3. The summed E-state index contributed by atoms with van der Waals surface area (Å²) in [6.45, 7) is 1.92. The summed E-state index contributed by atoms with van der Waals surface area (Å²) in [5.41, 5.74) is 0.349. The van der Waals surface area contributed by atoms with Crippen molar-refractivity contribution in [1.82, 2.24) is 4.90 Å². The molecule has 1 unspecified atom stereocenters. The molecule has 0 aliphatic heterocycles. The second-order valence-corrected chi connectivity index (χ2v) is 4.68. The summed E-state index contributed by atoms with van der Waals surface area (Å²) in [5, 5.41) is 9.41. The fraction of sp³-hybridized carbons (Fsp3) is 0.385. The number of rotatable bonds is 4. The lowest BCUT2D eigenvalue weighted by Crippen LogP contribution is -2.34. The SMILES string of the molecule is COC(=O)C(C)CN(C)C(=O)c1ccc(O)c(Cl)c1. The van der Waals surface area contributed by atoms with Crippen molar-refractivity contribution in [3.05, 3.63) is 28.8 Å². The number of carbonyl (C=O) groups excluding carboxylic acids is 2. The third kappa shape index (κ3) is 3.86. The Kier molecular flexibility index (Phi) is 5.18. The summed E-state index contributed by atoms with van der Waals surface area (Å²) in [7, 11) is 2.89. The molecule has 5 nitrogen and oxygen atoms in total. The van der Waals surface area contributed by atoms with Gasteiger partial charge in [0.2, 0.25) is 0 Å². The molecule has 0 saturated heterocycles. The van der Waals surface area contributed by atoms with Crippen LogP contribution in [0.15, 0.2) is 18.2 Å². The van der Waals surface area contributed by atoms with E-state index in [0.29, 0.717) is 5.56 Å². The molecular weight excluding hydrogens is 270 g/mol. The van der Waals surface area contributed by atoms with Crippen LogP contribution in [0.25, 0.3) is 0 Å². The van der Waals surface area contributed by atoms with Crippen LogP contribution in [0.4, 0.5) is 0 Å². The zero-order valence-corrected chi connectivity index (χ0v) is 11.8. The lowest BCUT2D eigenvalue weighted by atomic mass is 10.1. The number of ether oxygens (including phenoxy) is 1. The molecule has 0 aromatic heterocycles. The maximum Gasteiger partial charge on any atom is 0.310 e. The van der Waals surface area contributed by atoms with Crippen LogP contribution in [0.3, 0.4) is 0 Å². The van der Waals surface area contributed by atoms with Crippen molar-refractivity contribution < 1.29 is 19.4 Å². The first-order valence-electron chi connectivity index (χ1n) is 5.68. The predicted molar refractivity (Wildman–Crippen MR) is 71.3 cm³/mol. The number of benzene rings is 1. The third-order valence-electron chi connectivity index (χ3n) is 2.69. The van der Waals surface area contributed by atoms with Gasteiger partial charge in [-0.1, -0.05) is 18.5 Å². The first kappa shape index (κ1) is 15.3. The van der Waals surface area contributed by atoms with E-state index in [1.54, 1.807) is 14.0 Å².